The molecule has 1 aromatic heterocycles. The van der Waals surface area contributed by atoms with E-state index in [1.54, 1.807) is 11.3 Å². The number of rotatable bonds is 6. The lowest BCUT2D eigenvalue weighted by Gasteiger charge is -2.38. The molecule has 0 unspecified atom stereocenters. The number of carbonyl (C=O) groups excluding carboxylic acids is 1. The molecular weight excluding hydrogens is 312 g/mol. The number of hydrogen-bond donors (Lipinski definition) is 2. The molecule has 0 spiro atoms. The van der Waals surface area contributed by atoms with Gasteiger partial charge in [-0.05, 0) is 27.7 Å². The van der Waals surface area contributed by atoms with Crippen LogP contribution in [0.25, 0.3) is 0 Å². The fourth-order valence-corrected chi connectivity index (χ4v) is 3.48. The van der Waals surface area contributed by atoms with E-state index in [0.29, 0.717) is 19.1 Å². The van der Waals surface area contributed by atoms with Gasteiger partial charge in [-0.1, -0.05) is 0 Å². The van der Waals surface area contributed by atoms with Crippen LogP contribution in [0.15, 0.2) is 5.38 Å². The molecule has 2 N–H and O–H groups in total. The molecule has 0 aliphatic carbocycles. The van der Waals surface area contributed by atoms with E-state index in [9.17, 15) is 4.79 Å². The van der Waals surface area contributed by atoms with Crippen molar-refractivity contribution in [1.29, 1.82) is 0 Å². The number of aromatic nitrogens is 1. The van der Waals surface area contributed by atoms with Crippen LogP contribution < -0.4 is 10.6 Å². The molecule has 0 bridgehead atoms. The highest BCUT2D eigenvalue weighted by atomic mass is 32.1. The SMILES string of the molecule is Cc1nc(CCNC(=O)NC[C@H](C)N2C[C@@H](C)O[C@H](C)C2)cs1. The Morgan fingerprint density at radius 1 is 1.43 bits per heavy atom. The van der Waals surface area contributed by atoms with Crippen LogP contribution in [0, 0.1) is 6.92 Å². The van der Waals surface area contributed by atoms with Gasteiger partial charge in [0, 0.05) is 44.0 Å². The zero-order valence-electron chi connectivity index (χ0n) is 14.5. The maximum Gasteiger partial charge on any atom is 0.314 e. The zero-order valence-corrected chi connectivity index (χ0v) is 15.3. The summed E-state index contributed by atoms with van der Waals surface area (Å²) in [5.41, 5.74) is 1.04. The third-order valence-corrected chi connectivity index (χ3v) is 4.78. The number of thiazole rings is 1. The molecule has 0 aromatic carbocycles. The highest BCUT2D eigenvalue weighted by molar-refractivity contribution is 7.09. The summed E-state index contributed by atoms with van der Waals surface area (Å²) < 4.78 is 5.74. The molecule has 0 radical (unpaired) electrons. The van der Waals surface area contributed by atoms with Crippen LogP contribution in [0.3, 0.4) is 0 Å². The van der Waals surface area contributed by atoms with E-state index in [-0.39, 0.29) is 18.2 Å². The summed E-state index contributed by atoms with van der Waals surface area (Å²) >= 11 is 1.64. The van der Waals surface area contributed by atoms with Crippen LogP contribution in [0.4, 0.5) is 4.79 Å². The Balaban J connectivity index is 1.63. The molecule has 2 amide bonds. The molecular formula is C16H28N4O2S. The van der Waals surface area contributed by atoms with E-state index in [2.05, 4.69) is 41.3 Å². The lowest BCUT2D eigenvalue weighted by atomic mass is 10.2. The van der Waals surface area contributed by atoms with Crippen molar-refractivity contribution in [3.8, 4) is 0 Å². The van der Waals surface area contributed by atoms with Crippen LogP contribution in [0.5, 0.6) is 0 Å². The first-order valence-electron chi connectivity index (χ1n) is 8.26. The maximum absolute atomic E-state index is 11.9. The second kappa shape index (κ2) is 8.61. The van der Waals surface area contributed by atoms with Gasteiger partial charge in [0.25, 0.3) is 0 Å². The summed E-state index contributed by atoms with van der Waals surface area (Å²) in [6.45, 7) is 11.4. The number of aryl methyl sites for hydroxylation is 1. The molecule has 23 heavy (non-hydrogen) atoms. The predicted molar refractivity (Wildman–Crippen MR) is 93.0 cm³/mol. The molecule has 1 aliphatic rings. The van der Waals surface area contributed by atoms with Gasteiger partial charge in [0.05, 0.1) is 22.9 Å². The molecule has 1 aliphatic heterocycles. The molecule has 7 heteroatoms. The summed E-state index contributed by atoms with van der Waals surface area (Å²) in [7, 11) is 0. The normalized spacial score (nSPS) is 23.5. The Hall–Kier alpha value is -1.18. The third-order valence-electron chi connectivity index (χ3n) is 3.96. The molecule has 2 heterocycles. The molecule has 130 valence electrons. The van der Waals surface area contributed by atoms with Crippen molar-refractivity contribution in [2.24, 2.45) is 0 Å². The Morgan fingerprint density at radius 2 is 2.13 bits per heavy atom. The monoisotopic (exact) mass is 340 g/mol. The predicted octanol–water partition coefficient (Wildman–Crippen LogP) is 1.79. The Bertz CT molecular complexity index is 498. The van der Waals surface area contributed by atoms with E-state index in [1.165, 1.54) is 0 Å². The minimum absolute atomic E-state index is 0.113. The number of nitrogens with one attached hydrogen (secondary N) is 2. The number of morpholine rings is 1. The lowest BCUT2D eigenvalue weighted by Crippen LogP contribution is -2.53. The first-order chi connectivity index (χ1) is 10.9. The molecule has 1 aromatic rings. The van der Waals surface area contributed by atoms with Crippen molar-refractivity contribution in [1.82, 2.24) is 20.5 Å². The zero-order chi connectivity index (χ0) is 16.8. The van der Waals surface area contributed by atoms with Gasteiger partial charge < -0.3 is 15.4 Å². The van der Waals surface area contributed by atoms with Crippen LogP contribution in [0.1, 0.15) is 31.5 Å². The van der Waals surface area contributed by atoms with Crippen molar-refractivity contribution in [3.05, 3.63) is 16.1 Å². The highest BCUT2D eigenvalue weighted by Crippen LogP contribution is 2.13. The molecule has 2 rings (SSSR count). The number of carbonyl (C=O) groups is 1. The molecule has 6 nitrogen and oxygen atoms in total. The fraction of sp³-hybridized carbons (Fsp3) is 0.750. The van der Waals surface area contributed by atoms with Gasteiger partial charge >= 0.3 is 6.03 Å². The molecule has 1 saturated heterocycles. The highest BCUT2D eigenvalue weighted by Gasteiger charge is 2.25. The number of amides is 2. The van der Waals surface area contributed by atoms with Crippen LogP contribution in [-0.2, 0) is 11.2 Å². The lowest BCUT2D eigenvalue weighted by molar-refractivity contribution is -0.0778. The average molecular weight is 340 g/mol. The van der Waals surface area contributed by atoms with E-state index >= 15 is 0 Å². The Morgan fingerprint density at radius 3 is 2.74 bits per heavy atom. The van der Waals surface area contributed by atoms with Crippen LogP contribution in [-0.4, -0.2) is 60.3 Å². The summed E-state index contributed by atoms with van der Waals surface area (Å²) in [6, 6.07) is 0.189. The molecule has 0 saturated carbocycles. The van der Waals surface area contributed by atoms with Crippen molar-refractivity contribution in [2.45, 2.75) is 52.4 Å². The first kappa shape index (κ1) is 18.2. The molecule has 1 fully saturated rings. The van der Waals surface area contributed by atoms with E-state index < -0.39 is 0 Å². The minimum Gasteiger partial charge on any atom is -0.373 e. The number of urea groups is 1. The van der Waals surface area contributed by atoms with Gasteiger partial charge in [-0.25, -0.2) is 9.78 Å². The fourth-order valence-electron chi connectivity index (χ4n) is 2.84. The first-order valence-corrected chi connectivity index (χ1v) is 9.14. The van der Waals surface area contributed by atoms with Crippen LogP contribution in [0.2, 0.25) is 0 Å². The summed E-state index contributed by atoms with van der Waals surface area (Å²) in [5, 5.41) is 8.94. The van der Waals surface area contributed by atoms with Gasteiger partial charge in [0.1, 0.15) is 0 Å². The van der Waals surface area contributed by atoms with E-state index in [0.717, 1.165) is 30.2 Å². The molecule has 3 atom stereocenters. The van der Waals surface area contributed by atoms with Gasteiger partial charge in [-0.3, -0.25) is 4.90 Å². The second-order valence-corrected chi connectivity index (χ2v) is 7.37. The van der Waals surface area contributed by atoms with Crippen molar-refractivity contribution < 1.29 is 9.53 Å². The van der Waals surface area contributed by atoms with Gasteiger partial charge in [-0.15, -0.1) is 11.3 Å². The second-order valence-electron chi connectivity index (χ2n) is 6.30. The summed E-state index contributed by atoms with van der Waals surface area (Å²) in [5.74, 6) is 0. The van der Waals surface area contributed by atoms with E-state index in [4.69, 9.17) is 4.74 Å². The standard InChI is InChI=1S/C16H28N4O2S/c1-11(20-8-12(2)22-13(3)9-20)7-18-16(21)17-6-5-15-10-23-14(4)19-15/h10-13H,5-9H2,1-4H3,(H2,17,18,21)/t11-,12+,13+/m0/s1. The number of hydrogen-bond acceptors (Lipinski definition) is 5. The quantitative estimate of drug-likeness (QED) is 0.829. The van der Waals surface area contributed by atoms with Crippen molar-refractivity contribution in [3.63, 3.8) is 0 Å². The number of ether oxygens (including phenoxy) is 1. The number of nitrogens with zero attached hydrogens (tertiary/aromatic N) is 2. The smallest absolute Gasteiger partial charge is 0.314 e. The summed E-state index contributed by atoms with van der Waals surface area (Å²) in [4.78, 5) is 18.6. The largest absolute Gasteiger partial charge is 0.373 e. The third kappa shape index (κ3) is 6.08. The van der Waals surface area contributed by atoms with Gasteiger partial charge in [0.2, 0.25) is 0 Å². The van der Waals surface area contributed by atoms with Crippen molar-refractivity contribution >= 4 is 17.4 Å². The van der Waals surface area contributed by atoms with Crippen LogP contribution >= 0.6 is 11.3 Å². The Labute approximate surface area is 142 Å². The summed E-state index contributed by atoms with van der Waals surface area (Å²) in [6.07, 6.45) is 1.26. The minimum atomic E-state index is -0.113. The Kier molecular flexibility index (Phi) is 6.80. The van der Waals surface area contributed by atoms with E-state index in [1.807, 2.05) is 12.3 Å². The average Bonchev–Trinajstić information content (AvgIpc) is 2.89. The van der Waals surface area contributed by atoms with Gasteiger partial charge in [-0.2, -0.15) is 0 Å². The van der Waals surface area contributed by atoms with Crippen molar-refractivity contribution in [2.75, 3.05) is 26.2 Å². The van der Waals surface area contributed by atoms with Gasteiger partial charge in [0.15, 0.2) is 0 Å². The topological polar surface area (TPSA) is 66.5 Å². The maximum atomic E-state index is 11.9.